The van der Waals surface area contributed by atoms with Gasteiger partial charge in [-0.1, -0.05) is 17.8 Å². The van der Waals surface area contributed by atoms with E-state index in [1.807, 2.05) is 22.1 Å². The number of thioether (sulfide) groups is 1. The van der Waals surface area contributed by atoms with Crippen molar-refractivity contribution in [3.05, 3.63) is 45.8 Å². The van der Waals surface area contributed by atoms with Crippen LogP contribution in [0.2, 0.25) is 0 Å². The number of ether oxygens (including phenoxy) is 2. The highest BCUT2D eigenvalue weighted by atomic mass is 32.2. The number of benzene rings is 1. The van der Waals surface area contributed by atoms with E-state index >= 15 is 0 Å². The highest BCUT2D eigenvalue weighted by Gasteiger charge is 2.25. The number of nitrogens with one attached hydrogen (secondary N) is 1. The van der Waals surface area contributed by atoms with Crippen LogP contribution in [-0.4, -0.2) is 50.7 Å². The van der Waals surface area contributed by atoms with Gasteiger partial charge in [0.25, 0.3) is 5.69 Å². The van der Waals surface area contributed by atoms with Gasteiger partial charge in [0.2, 0.25) is 5.91 Å². The number of aromatic nitrogens is 3. The minimum absolute atomic E-state index is 0.0809. The number of thiophene rings is 1. The predicted molar refractivity (Wildman–Crippen MR) is 126 cm³/mol. The van der Waals surface area contributed by atoms with Gasteiger partial charge in [0.05, 0.1) is 40.5 Å². The summed E-state index contributed by atoms with van der Waals surface area (Å²) in [7, 11) is 1.44. The number of methoxy groups -OCH3 is 1. The molecule has 3 heterocycles. The number of carbonyl (C=O) groups is 1. The van der Waals surface area contributed by atoms with Gasteiger partial charge >= 0.3 is 0 Å². The summed E-state index contributed by atoms with van der Waals surface area (Å²) in [6, 6.07) is 8.01. The molecule has 0 aliphatic carbocycles. The Morgan fingerprint density at radius 3 is 2.97 bits per heavy atom. The van der Waals surface area contributed by atoms with Crippen LogP contribution in [0.25, 0.3) is 10.7 Å². The molecule has 3 aromatic rings. The van der Waals surface area contributed by atoms with Gasteiger partial charge in [-0.15, -0.1) is 21.5 Å². The van der Waals surface area contributed by atoms with E-state index in [0.717, 1.165) is 30.2 Å². The molecular formula is C21H23N5O5S2. The highest BCUT2D eigenvalue weighted by molar-refractivity contribution is 8.00. The number of nitro benzene ring substituents is 1. The normalized spacial score (nSPS) is 16.5. The molecule has 1 aromatic carbocycles. The lowest BCUT2D eigenvalue weighted by atomic mass is 10.2. The van der Waals surface area contributed by atoms with Crippen LogP contribution in [0.4, 0.5) is 11.4 Å². The Hall–Kier alpha value is -2.96. The van der Waals surface area contributed by atoms with Crippen molar-refractivity contribution in [2.75, 3.05) is 19.0 Å². The van der Waals surface area contributed by atoms with Crippen molar-refractivity contribution in [2.45, 2.75) is 42.8 Å². The zero-order chi connectivity index (χ0) is 23.4. The van der Waals surface area contributed by atoms with Gasteiger partial charge in [-0.05, 0) is 37.3 Å². The monoisotopic (exact) mass is 489 g/mol. The molecule has 1 aliphatic heterocycles. The average molecular weight is 490 g/mol. The molecule has 174 valence electrons. The number of nitrogens with zero attached hydrogens (tertiary/aromatic N) is 4. The summed E-state index contributed by atoms with van der Waals surface area (Å²) in [4.78, 5) is 24.5. The number of rotatable bonds is 9. The maximum Gasteiger partial charge on any atom is 0.271 e. The highest BCUT2D eigenvalue weighted by Crippen LogP contribution is 2.33. The fraction of sp³-hybridized carbons (Fsp3) is 0.381. The molecule has 0 spiro atoms. The first-order valence-corrected chi connectivity index (χ1v) is 12.1. The zero-order valence-electron chi connectivity index (χ0n) is 18.1. The lowest BCUT2D eigenvalue weighted by molar-refractivity contribution is -0.384. The summed E-state index contributed by atoms with van der Waals surface area (Å²) < 4.78 is 13.0. The van der Waals surface area contributed by atoms with Crippen LogP contribution in [0.5, 0.6) is 5.75 Å². The SMILES string of the molecule is COc1ccc([N+](=O)[O-])cc1NC(=O)C(C)Sc1nnc(-c2cccs2)n1CC1CCCO1. The quantitative estimate of drug-likeness (QED) is 0.269. The number of carbonyl (C=O) groups excluding carboxylic acids is 1. The van der Waals surface area contributed by atoms with Crippen LogP contribution in [0.3, 0.4) is 0 Å². The fourth-order valence-corrected chi connectivity index (χ4v) is 5.05. The maximum atomic E-state index is 12.9. The van der Waals surface area contributed by atoms with E-state index in [1.54, 1.807) is 18.3 Å². The smallest absolute Gasteiger partial charge is 0.271 e. The first-order chi connectivity index (χ1) is 16.0. The first kappa shape index (κ1) is 23.2. The van der Waals surface area contributed by atoms with Gasteiger partial charge in [-0.3, -0.25) is 19.5 Å². The van der Waals surface area contributed by atoms with E-state index in [1.165, 1.54) is 37.1 Å². The van der Waals surface area contributed by atoms with E-state index in [0.29, 0.717) is 17.5 Å². The standard InChI is InChI=1S/C21H23N5O5S2/c1-13(20(27)22-16-11-14(26(28)29)7-8-17(16)30-2)33-21-24-23-19(18-6-4-10-32-18)25(21)12-15-5-3-9-31-15/h4,6-8,10-11,13,15H,3,5,9,12H2,1-2H3,(H,22,27). The average Bonchev–Trinajstić information content (AvgIpc) is 3.57. The third-order valence-corrected chi connectivity index (χ3v) is 7.12. The minimum atomic E-state index is -0.544. The topological polar surface area (TPSA) is 121 Å². The number of non-ortho nitro benzene ring substituents is 1. The molecule has 12 heteroatoms. The second-order valence-electron chi connectivity index (χ2n) is 7.42. The number of hydrogen-bond donors (Lipinski definition) is 1. The van der Waals surface area contributed by atoms with Crippen molar-refractivity contribution < 1.29 is 19.2 Å². The molecular weight excluding hydrogens is 466 g/mol. The largest absolute Gasteiger partial charge is 0.495 e. The molecule has 1 saturated heterocycles. The number of amides is 1. The molecule has 1 N–H and O–H groups in total. The van der Waals surface area contributed by atoms with E-state index in [2.05, 4.69) is 15.5 Å². The molecule has 33 heavy (non-hydrogen) atoms. The van der Waals surface area contributed by atoms with Crippen molar-refractivity contribution >= 4 is 40.4 Å². The summed E-state index contributed by atoms with van der Waals surface area (Å²) in [6.07, 6.45) is 2.07. The Morgan fingerprint density at radius 2 is 2.30 bits per heavy atom. The van der Waals surface area contributed by atoms with Gasteiger partial charge in [0.1, 0.15) is 5.75 Å². The maximum absolute atomic E-state index is 12.9. The first-order valence-electron chi connectivity index (χ1n) is 10.3. The third-order valence-electron chi connectivity index (χ3n) is 5.17. The molecule has 2 unspecified atom stereocenters. The van der Waals surface area contributed by atoms with Gasteiger partial charge in [0, 0.05) is 18.7 Å². The summed E-state index contributed by atoms with van der Waals surface area (Å²) >= 11 is 2.85. The molecule has 1 aliphatic rings. The predicted octanol–water partition coefficient (Wildman–Crippen LogP) is 4.22. The van der Waals surface area contributed by atoms with E-state index < -0.39 is 10.2 Å². The second kappa shape index (κ2) is 10.3. The summed E-state index contributed by atoms with van der Waals surface area (Å²) in [5.41, 5.74) is 0.104. The molecule has 0 saturated carbocycles. The second-order valence-corrected chi connectivity index (χ2v) is 9.68. The van der Waals surface area contributed by atoms with Gasteiger partial charge in [-0.25, -0.2) is 0 Å². The number of nitro groups is 1. The Labute approximate surface area is 198 Å². The van der Waals surface area contributed by atoms with Gasteiger partial charge in [0.15, 0.2) is 11.0 Å². The minimum Gasteiger partial charge on any atom is -0.495 e. The molecule has 4 rings (SSSR count). The van der Waals surface area contributed by atoms with Crippen LogP contribution in [0, 0.1) is 10.1 Å². The molecule has 1 fully saturated rings. The number of hydrogen-bond acceptors (Lipinski definition) is 9. The van der Waals surface area contributed by atoms with Crippen molar-refractivity contribution in [1.29, 1.82) is 0 Å². The van der Waals surface area contributed by atoms with Gasteiger partial charge in [-0.2, -0.15) is 0 Å². The fourth-order valence-electron chi connectivity index (χ4n) is 3.47. The van der Waals surface area contributed by atoms with Crippen molar-refractivity contribution in [3.63, 3.8) is 0 Å². The van der Waals surface area contributed by atoms with Gasteiger partial charge < -0.3 is 14.8 Å². The van der Waals surface area contributed by atoms with Crippen molar-refractivity contribution in [1.82, 2.24) is 14.8 Å². The molecule has 1 amide bonds. The Morgan fingerprint density at radius 1 is 1.45 bits per heavy atom. The van der Waals surface area contributed by atoms with Crippen LogP contribution in [-0.2, 0) is 16.1 Å². The van der Waals surface area contributed by atoms with Crippen LogP contribution in [0.1, 0.15) is 19.8 Å². The molecule has 2 aromatic heterocycles. The van der Waals surface area contributed by atoms with E-state index in [4.69, 9.17) is 9.47 Å². The summed E-state index contributed by atoms with van der Waals surface area (Å²) in [5, 5.41) is 24.6. The Bertz CT molecular complexity index is 1130. The molecule has 0 bridgehead atoms. The molecule has 2 atom stereocenters. The van der Waals surface area contributed by atoms with E-state index in [9.17, 15) is 14.9 Å². The van der Waals surface area contributed by atoms with Crippen LogP contribution in [0.15, 0.2) is 40.9 Å². The third kappa shape index (κ3) is 5.34. The lowest BCUT2D eigenvalue weighted by Gasteiger charge is -2.16. The molecule has 0 radical (unpaired) electrons. The van der Waals surface area contributed by atoms with E-state index in [-0.39, 0.29) is 23.4 Å². The van der Waals surface area contributed by atoms with Crippen molar-refractivity contribution in [3.8, 4) is 16.5 Å². The molecule has 10 nitrogen and oxygen atoms in total. The Kier molecular flexibility index (Phi) is 7.26. The zero-order valence-corrected chi connectivity index (χ0v) is 19.7. The summed E-state index contributed by atoms with van der Waals surface area (Å²) in [5.74, 6) is 0.756. The summed E-state index contributed by atoms with van der Waals surface area (Å²) in [6.45, 7) is 3.10. The van der Waals surface area contributed by atoms with Crippen molar-refractivity contribution in [2.24, 2.45) is 0 Å². The Balaban J connectivity index is 1.53. The van der Waals surface area contributed by atoms with Crippen LogP contribution < -0.4 is 10.1 Å². The number of anilines is 1. The van der Waals surface area contributed by atoms with Crippen LogP contribution >= 0.6 is 23.1 Å². The lowest BCUT2D eigenvalue weighted by Crippen LogP contribution is -2.24.